The largest absolute Gasteiger partial charge is 0.361 e. The molecule has 0 spiro atoms. The summed E-state index contributed by atoms with van der Waals surface area (Å²) < 4.78 is 21.8. The van der Waals surface area contributed by atoms with Gasteiger partial charge >= 0.3 is 0 Å². The van der Waals surface area contributed by atoms with Gasteiger partial charge in [0.1, 0.15) is 17.4 Å². The lowest BCUT2D eigenvalue weighted by atomic mass is 10.1. The molecular weight excluding hydrogens is 510 g/mol. The zero-order chi connectivity index (χ0) is 21.5. The molecule has 0 saturated carbocycles. The van der Waals surface area contributed by atoms with Crippen molar-refractivity contribution in [2.75, 3.05) is 6.54 Å². The summed E-state index contributed by atoms with van der Waals surface area (Å²) in [4.78, 5) is 8.75. The quantitative estimate of drug-likeness (QED) is 0.253. The molecule has 3 rings (SSSR count). The first-order chi connectivity index (χ1) is 14.6. The van der Waals surface area contributed by atoms with Gasteiger partial charge in [-0.05, 0) is 38.0 Å². The third kappa shape index (κ3) is 6.05. The molecule has 0 unspecified atom stereocenters. The Morgan fingerprint density at radius 1 is 1.19 bits per heavy atom. The molecule has 1 aromatic carbocycles. The molecule has 3 aromatic rings. The van der Waals surface area contributed by atoms with E-state index in [1.807, 2.05) is 26.8 Å². The number of imidazole rings is 1. The van der Waals surface area contributed by atoms with Crippen LogP contribution in [0.1, 0.15) is 49.2 Å². The van der Waals surface area contributed by atoms with E-state index in [-0.39, 0.29) is 29.8 Å². The summed E-state index contributed by atoms with van der Waals surface area (Å²) in [5.41, 5.74) is 3.31. The van der Waals surface area contributed by atoms with Crippen molar-refractivity contribution < 1.29 is 8.91 Å². The van der Waals surface area contributed by atoms with Gasteiger partial charge in [-0.2, -0.15) is 0 Å². The Hall–Kier alpha value is -2.43. The van der Waals surface area contributed by atoms with Crippen LogP contribution in [0.2, 0.25) is 0 Å². The number of guanidine groups is 1. The van der Waals surface area contributed by atoms with E-state index >= 15 is 0 Å². The van der Waals surface area contributed by atoms with Gasteiger partial charge in [-0.3, -0.25) is 0 Å². The molecule has 168 valence electrons. The molecule has 0 amide bonds. The Kier molecular flexibility index (Phi) is 9.47. The molecule has 9 heteroatoms. The van der Waals surface area contributed by atoms with Crippen molar-refractivity contribution in [2.45, 2.75) is 53.6 Å². The number of nitrogens with zero attached hydrogens (tertiary/aromatic N) is 4. The fraction of sp³-hybridized carbons (Fsp3) is 0.409. The Balaban J connectivity index is 0.00000341. The highest BCUT2D eigenvalue weighted by molar-refractivity contribution is 14.0. The Bertz CT molecular complexity index is 992. The maximum absolute atomic E-state index is 14.6. The monoisotopic (exact) mass is 540 g/mol. The van der Waals surface area contributed by atoms with Gasteiger partial charge in [-0.25, -0.2) is 14.4 Å². The Labute approximate surface area is 199 Å². The molecule has 0 atom stereocenters. The van der Waals surface area contributed by atoms with Crippen LogP contribution in [0.5, 0.6) is 0 Å². The summed E-state index contributed by atoms with van der Waals surface area (Å²) in [6.45, 7) is 9.62. The first-order valence-corrected chi connectivity index (χ1v) is 10.3. The summed E-state index contributed by atoms with van der Waals surface area (Å²) in [6.07, 6.45) is 5.01. The minimum Gasteiger partial charge on any atom is -0.361 e. The first-order valence-electron chi connectivity index (χ1n) is 10.3. The second-order valence-corrected chi connectivity index (χ2v) is 6.92. The molecule has 0 bridgehead atoms. The van der Waals surface area contributed by atoms with Crippen LogP contribution in [0.25, 0.3) is 5.69 Å². The molecule has 0 saturated heterocycles. The van der Waals surface area contributed by atoms with E-state index in [4.69, 9.17) is 4.52 Å². The molecule has 31 heavy (non-hydrogen) atoms. The van der Waals surface area contributed by atoms with Gasteiger partial charge in [0.2, 0.25) is 0 Å². The minimum atomic E-state index is -0.300. The number of rotatable bonds is 8. The van der Waals surface area contributed by atoms with Gasteiger partial charge < -0.3 is 19.7 Å². The van der Waals surface area contributed by atoms with Crippen molar-refractivity contribution in [3.05, 3.63) is 64.8 Å². The highest BCUT2D eigenvalue weighted by Crippen LogP contribution is 2.18. The average molecular weight is 540 g/mol. The third-order valence-corrected chi connectivity index (χ3v) is 4.90. The van der Waals surface area contributed by atoms with E-state index in [2.05, 4.69) is 32.7 Å². The number of halogens is 2. The predicted molar refractivity (Wildman–Crippen MR) is 131 cm³/mol. The van der Waals surface area contributed by atoms with Gasteiger partial charge in [0.25, 0.3) is 0 Å². The molecule has 0 fully saturated rings. The lowest BCUT2D eigenvalue weighted by Crippen LogP contribution is -2.37. The third-order valence-electron chi connectivity index (χ3n) is 4.90. The maximum Gasteiger partial charge on any atom is 0.191 e. The van der Waals surface area contributed by atoms with E-state index in [9.17, 15) is 4.39 Å². The highest BCUT2D eigenvalue weighted by Gasteiger charge is 2.14. The van der Waals surface area contributed by atoms with E-state index < -0.39 is 0 Å². The van der Waals surface area contributed by atoms with Crippen molar-refractivity contribution in [1.82, 2.24) is 25.3 Å². The molecule has 0 aliphatic rings. The Morgan fingerprint density at radius 3 is 2.61 bits per heavy atom. The number of hydrogen-bond donors (Lipinski definition) is 2. The van der Waals surface area contributed by atoms with Crippen LogP contribution in [0.3, 0.4) is 0 Å². The number of nitrogens with one attached hydrogen (secondary N) is 2. The van der Waals surface area contributed by atoms with Gasteiger partial charge in [0, 0.05) is 37.5 Å². The number of aliphatic imine (C=N–C) groups is 1. The predicted octanol–water partition coefficient (Wildman–Crippen LogP) is 4.31. The van der Waals surface area contributed by atoms with Gasteiger partial charge in [-0.1, -0.05) is 25.1 Å². The topological polar surface area (TPSA) is 80.3 Å². The van der Waals surface area contributed by atoms with Crippen molar-refractivity contribution in [1.29, 1.82) is 0 Å². The maximum atomic E-state index is 14.6. The molecule has 0 aliphatic heterocycles. The normalized spacial score (nSPS) is 11.3. The molecular formula is C22H30FIN6O. The fourth-order valence-electron chi connectivity index (χ4n) is 3.30. The van der Waals surface area contributed by atoms with Crippen LogP contribution in [0, 0.1) is 12.7 Å². The number of benzene rings is 1. The summed E-state index contributed by atoms with van der Waals surface area (Å²) >= 11 is 0. The van der Waals surface area contributed by atoms with Crippen molar-refractivity contribution in [3.63, 3.8) is 0 Å². The molecule has 2 heterocycles. The second-order valence-electron chi connectivity index (χ2n) is 6.92. The van der Waals surface area contributed by atoms with E-state index in [1.54, 1.807) is 23.0 Å². The standard InChI is InChI=1S/C22H29FN6O.HI/c1-5-19-17(21(6-2)30-28-19)14-27-22(24-7-3)26-13-16-8-9-20(18(23)12-16)29-11-10-25-15(29)4;/h8-12H,5-7,13-14H2,1-4H3,(H2,24,26,27);1H. The van der Waals surface area contributed by atoms with Crippen LogP contribution < -0.4 is 10.6 Å². The van der Waals surface area contributed by atoms with E-state index in [0.29, 0.717) is 24.7 Å². The molecule has 0 aliphatic carbocycles. The van der Waals surface area contributed by atoms with Gasteiger partial charge in [0.05, 0.1) is 17.9 Å². The number of hydrogen-bond acceptors (Lipinski definition) is 4. The van der Waals surface area contributed by atoms with Crippen LogP contribution in [-0.4, -0.2) is 27.2 Å². The van der Waals surface area contributed by atoms with Gasteiger partial charge in [-0.15, -0.1) is 24.0 Å². The van der Waals surface area contributed by atoms with Crippen LogP contribution in [0.4, 0.5) is 4.39 Å². The van der Waals surface area contributed by atoms with E-state index in [1.165, 1.54) is 6.07 Å². The number of aromatic nitrogens is 3. The Morgan fingerprint density at radius 2 is 2.00 bits per heavy atom. The first kappa shape index (κ1) is 24.8. The average Bonchev–Trinajstić information content (AvgIpc) is 3.35. The molecule has 2 aromatic heterocycles. The lowest BCUT2D eigenvalue weighted by molar-refractivity contribution is 0.380. The van der Waals surface area contributed by atoms with Crippen molar-refractivity contribution in [2.24, 2.45) is 4.99 Å². The molecule has 0 radical (unpaired) electrons. The molecule has 2 N–H and O–H groups in total. The van der Waals surface area contributed by atoms with Gasteiger partial charge in [0.15, 0.2) is 5.96 Å². The van der Waals surface area contributed by atoms with Crippen molar-refractivity contribution >= 4 is 29.9 Å². The van der Waals surface area contributed by atoms with Crippen LogP contribution in [0.15, 0.2) is 40.1 Å². The van der Waals surface area contributed by atoms with E-state index in [0.717, 1.165) is 47.8 Å². The van der Waals surface area contributed by atoms with Crippen LogP contribution in [-0.2, 0) is 25.9 Å². The lowest BCUT2D eigenvalue weighted by Gasteiger charge is -2.12. The summed E-state index contributed by atoms with van der Waals surface area (Å²) in [7, 11) is 0. The second kappa shape index (κ2) is 11.8. The van der Waals surface area contributed by atoms with Crippen LogP contribution >= 0.6 is 24.0 Å². The highest BCUT2D eigenvalue weighted by atomic mass is 127. The zero-order valence-corrected chi connectivity index (χ0v) is 20.7. The summed E-state index contributed by atoms with van der Waals surface area (Å²) in [6, 6.07) is 5.16. The minimum absolute atomic E-state index is 0. The van der Waals surface area contributed by atoms with Crippen molar-refractivity contribution in [3.8, 4) is 5.69 Å². The summed E-state index contributed by atoms with van der Waals surface area (Å²) in [5, 5.41) is 10.7. The number of aryl methyl sites for hydroxylation is 3. The molecule has 7 nitrogen and oxygen atoms in total. The smallest absolute Gasteiger partial charge is 0.191 e. The zero-order valence-electron chi connectivity index (χ0n) is 18.4. The summed E-state index contributed by atoms with van der Waals surface area (Å²) in [5.74, 6) is 2.00. The SMILES string of the molecule is CCNC(=NCc1ccc(-n2ccnc2C)c(F)c1)NCc1c(CC)noc1CC.I. The fourth-order valence-corrected chi connectivity index (χ4v) is 3.30.